The number of hydrogen-bond donors (Lipinski definition) is 1. The summed E-state index contributed by atoms with van der Waals surface area (Å²) in [5, 5.41) is 3.36. The molecule has 0 spiro atoms. The minimum atomic E-state index is -0.373. The first-order chi connectivity index (χ1) is 8.11. The molecular weight excluding hydrogens is 241 g/mol. The van der Waals surface area contributed by atoms with E-state index in [0.29, 0.717) is 19.1 Å². The van der Waals surface area contributed by atoms with Gasteiger partial charge in [-0.1, -0.05) is 37.6 Å². The first kappa shape index (κ1) is 14.4. The number of benzene rings is 1. The standard InChI is InChI=1S/C13H19ClFNO/c1-10(2)9-17-7-6-16-8-11-4-3-5-12(15)13(11)14/h3-5,10,16H,6-9H2,1-2H3. The van der Waals surface area contributed by atoms with Crippen molar-refractivity contribution >= 4 is 11.6 Å². The lowest BCUT2D eigenvalue weighted by Gasteiger charge is -2.09. The molecule has 4 heteroatoms. The van der Waals surface area contributed by atoms with Crippen molar-refractivity contribution in [3.8, 4) is 0 Å². The SMILES string of the molecule is CC(C)COCCNCc1cccc(F)c1Cl. The quantitative estimate of drug-likeness (QED) is 0.759. The van der Waals surface area contributed by atoms with Crippen molar-refractivity contribution in [2.45, 2.75) is 20.4 Å². The largest absolute Gasteiger partial charge is 0.380 e. The van der Waals surface area contributed by atoms with Crippen molar-refractivity contribution in [2.24, 2.45) is 5.92 Å². The zero-order valence-corrected chi connectivity index (χ0v) is 11.1. The summed E-state index contributed by atoms with van der Waals surface area (Å²) < 4.78 is 18.5. The molecule has 1 aromatic carbocycles. The maximum absolute atomic E-state index is 13.1. The number of hydrogen-bond acceptors (Lipinski definition) is 2. The molecule has 0 aliphatic carbocycles. The molecule has 0 radical (unpaired) electrons. The second-order valence-corrected chi connectivity index (χ2v) is 4.74. The van der Waals surface area contributed by atoms with Gasteiger partial charge in [0.1, 0.15) is 5.82 Å². The molecule has 2 nitrogen and oxygen atoms in total. The molecule has 0 aliphatic rings. The molecular formula is C13H19ClFNO. The van der Waals surface area contributed by atoms with Gasteiger partial charge in [0.25, 0.3) is 0 Å². The Kier molecular flexibility index (Phi) is 6.48. The van der Waals surface area contributed by atoms with Gasteiger partial charge in [0.2, 0.25) is 0 Å². The molecule has 0 saturated heterocycles. The van der Waals surface area contributed by atoms with Crippen LogP contribution in [0.25, 0.3) is 0 Å². The monoisotopic (exact) mass is 259 g/mol. The molecule has 0 unspecified atom stereocenters. The Morgan fingerprint density at radius 3 is 2.88 bits per heavy atom. The molecule has 0 heterocycles. The lowest BCUT2D eigenvalue weighted by Crippen LogP contribution is -2.20. The molecule has 0 aromatic heterocycles. The number of ether oxygens (including phenoxy) is 1. The minimum absolute atomic E-state index is 0.197. The molecule has 0 fully saturated rings. The van der Waals surface area contributed by atoms with Gasteiger partial charge in [0.05, 0.1) is 11.6 Å². The van der Waals surface area contributed by atoms with E-state index in [1.807, 2.05) is 6.07 Å². The average Bonchev–Trinajstić information content (AvgIpc) is 2.28. The van der Waals surface area contributed by atoms with Crippen molar-refractivity contribution in [2.75, 3.05) is 19.8 Å². The average molecular weight is 260 g/mol. The van der Waals surface area contributed by atoms with Crippen LogP contribution in [0.3, 0.4) is 0 Å². The van der Waals surface area contributed by atoms with E-state index in [1.54, 1.807) is 6.07 Å². The van der Waals surface area contributed by atoms with Crippen molar-refractivity contribution in [3.05, 3.63) is 34.6 Å². The van der Waals surface area contributed by atoms with Crippen LogP contribution < -0.4 is 5.32 Å². The number of nitrogens with one attached hydrogen (secondary N) is 1. The normalized spacial score (nSPS) is 11.1. The smallest absolute Gasteiger partial charge is 0.142 e. The number of halogens is 2. The topological polar surface area (TPSA) is 21.3 Å². The lowest BCUT2D eigenvalue weighted by atomic mass is 10.2. The van der Waals surface area contributed by atoms with Crippen molar-refractivity contribution < 1.29 is 9.13 Å². The molecule has 0 atom stereocenters. The Bertz CT molecular complexity index is 344. The fourth-order valence-corrected chi connectivity index (χ4v) is 1.56. The summed E-state index contributed by atoms with van der Waals surface area (Å²) in [5.74, 6) is 0.176. The van der Waals surface area contributed by atoms with Gasteiger partial charge in [0.15, 0.2) is 0 Å². The highest BCUT2D eigenvalue weighted by Crippen LogP contribution is 2.19. The van der Waals surface area contributed by atoms with E-state index in [1.165, 1.54) is 6.07 Å². The molecule has 0 amide bonds. The van der Waals surface area contributed by atoms with Gasteiger partial charge in [-0.15, -0.1) is 0 Å². The zero-order valence-electron chi connectivity index (χ0n) is 10.3. The van der Waals surface area contributed by atoms with Gasteiger partial charge in [-0.25, -0.2) is 4.39 Å². The molecule has 0 bridgehead atoms. The maximum atomic E-state index is 13.1. The fourth-order valence-electron chi connectivity index (χ4n) is 1.37. The van der Waals surface area contributed by atoms with Crippen LogP contribution in [0.1, 0.15) is 19.4 Å². The van der Waals surface area contributed by atoms with Crippen molar-refractivity contribution in [1.82, 2.24) is 5.32 Å². The minimum Gasteiger partial charge on any atom is -0.380 e. The first-order valence-electron chi connectivity index (χ1n) is 5.82. The third kappa shape index (κ3) is 5.48. The van der Waals surface area contributed by atoms with Crippen LogP contribution in [0.5, 0.6) is 0 Å². The van der Waals surface area contributed by atoms with E-state index in [9.17, 15) is 4.39 Å². The van der Waals surface area contributed by atoms with Crippen LogP contribution in [0, 0.1) is 11.7 Å². The van der Waals surface area contributed by atoms with Crippen molar-refractivity contribution in [1.29, 1.82) is 0 Å². The molecule has 1 N–H and O–H groups in total. The Morgan fingerprint density at radius 2 is 2.18 bits per heavy atom. The van der Waals surface area contributed by atoms with Gasteiger partial charge in [-0.2, -0.15) is 0 Å². The molecule has 1 aromatic rings. The number of rotatable bonds is 7. The van der Waals surface area contributed by atoms with E-state index in [4.69, 9.17) is 16.3 Å². The Morgan fingerprint density at radius 1 is 1.41 bits per heavy atom. The van der Waals surface area contributed by atoms with E-state index in [0.717, 1.165) is 18.7 Å². The van der Waals surface area contributed by atoms with Gasteiger partial charge in [-0.05, 0) is 17.5 Å². The third-order valence-corrected chi connectivity index (χ3v) is 2.64. The molecule has 1 rings (SSSR count). The maximum Gasteiger partial charge on any atom is 0.142 e. The van der Waals surface area contributed by atoms with Crippen molar-refractivity contribution in [3.63, 3.8) is 0 Å². The summed E-state index contributed by atoms with van der Waals surface area (Å²) in [6.07, 6.45) is 0. The van der Waals surface area contributed by atoms with Crippen LogP contribution in [0.2, 0.25) is 5.02 Å². The Hall–Kier alpha value is -0.640. The van der Waals surface area contributed by atoms with Gasteiger partial charge >= 0.3 is 0 Å². The van der Waals surface area contributed by atoms with E-state index in [-0.39, 0.29) is 10.8 Å². The summed E-state index contributed by atoms with van der Waals surface area (Å²) in [5.41, 5.74) is 0.774. The van der Waals surface area contributed by atoms with Crippen LogP contribution in [-0.2, 0) is 11.3 Å². The van der Waals surface area contributed by atoms with Gasteiger partial charge < -0.3 is 10.1 Å². The first-order valence-corrected chi connectivity index (χ1v) is 6.20. The van der Waals surface area contributed by atoms with E-state index < -0.39 is 0 Å². The van der Waals surface area contributed by atoms with Gasteiger partial charge in [0, 0.05) is 19.7 Å². The highest BCUT2D eigenvalue weighted by Gasteiger charge is 2.04. The Labute approximate surface area is 107 Å². The second-order valence-electron chi connectivity index (χ2n) is 4.36. The van der Waals surface area contributed by atoms with E-state index in [2.05, 4.69) is 19.2 Å². The molecule has 0 saturated carbocycles. The summed E-state index contributed by atoms with van der Waals surface area (Å²) in [6.45, 7) is 6.94. The second kappa shape index (κ2) is 7.64. The summed E-state index contributed by atoms with van der Waals surface area (Å²) in [7, 11) is 0. The molecule has 17 heavy (non-hydrogen) atoms. The van der Waals surface area contributed by atoms with Crippen LogP contribution >= 0.6 is 11.6 Å². The predicted octanol–water partition coefficient (Wildman–Crippen LogP) is 3.24. The molecule has 96 valence electrons. The van der Waals surface area contributed by atoms with Crippen LogP contribution in [0.4, 0.5) is 4.39 Å². The summed E-state index contributed by atoms with van der Waals surface area (Å²) in [6, 6.07) is 4.83. The fraction of sp³-hybridized carbons (Fsp3) is 0.538. The van der Waals surface area contributed by atoms with Crippen LogP contribution in [-0.4, -0.2) is 19.8 Å². The summed E-state index contributed by atoms with van der Waals surface area (Å²) >= 11 is 5.83. The molecule has 0 aliphatic heterocycles. The van der Waals surface area contributed by atoms with Gasteiger partial charge in [-0.3, -0.25) is 0 Å². The zero-order chi connectivity index (χ0) is 12.7. The van der Waals surface area contributed by atoms with E-state index >= 15 is 0 Å². The van der Waals surface area contributed by atoms with Crippen LogP contribution in [0.15, 0.2) is 18.2 Å². The Balaban J connectivity index is 2.20. The lowest BCUT2D eigenvalue weighted by molar-refractivity contribution is 0.111. The predicted molar refractivity (Wildman–Crippen MR) is 68.8 cm³/mol. The highest BCUT2D eigenvalue weighted by atomic mass is 35.5. The highest BCUT2D eigenvalue weighted by molar-refractivity contribution is 6.31. The summed E-state index contributed by atoms with van der Waals surface area (Å²) in [4.78, 5) is 0. The third-order valence-electron chi connectivity index (χ3n) is 2.22.